The molecule has 4 fully saturated rings. The average molecular weight is 329 g/mol. The standard InChI is InChI=1S/C15H23NO7/c1-14(2)20-9-8(6-5-7(17)12(18)16-6)19-13-11(10(9)21-14)22-15(3,4)23-13/h6-11,13,17H,5H2,1-4H3,(H,16,18)/t6-,7-,8-,9+,10+,11-,13-/m1/s1. The van der Waals surface area contributed by atoms with Crippen molar-refractivity contribution in [2.45, 2.75) is 88.5 Å². The van der Waals surface area contributed by atoms with Crippen molar-refractivity contribution in [1.82, 2.24) is 5.32 Å². The van der Waals surface area contributed by atoms with Crippen LogP contribution < -0.4 is 5.32 Å². The van der Waals surface area contributed by atoms with Crippen LogP contribution in [0.25, 0.3) is 0 Å². The van der Waals surface area contributed by atoms with E-state index in [0.717, 1.165) is 0 Å². The average Bonchev–Trinajstić information content (AvgIpc) is 3.01. The third-order valence-electron chi connectivity index (χ3n) is 4.69. The van der Waals surface area contributed by atoms with Crippen LogP contribution in [0, 0.1) is 0 Å². The van der Waals surface area contributed by atoms with Crippen molar-refractivity contribution < 1.29 is 33.6 Å². The summed E-state index contributed by atoms with van der Waals surface area (Å²) in [6.45, 7) is 7.31. The molecule has 8 nitrogen and oxygen atoms in total. The molecule has 7 atom stereocenters. The van der Waals surface area contributed by atoms with Crippen molar-refractivity contribution in [3.05, 3.63) is 0 Å². The van der Waals surface area contributed by atoms with Crippen molar-refractivity contribution in [2.24, 2.45) is 0 Å². The molecule has 8 heteroatoms. The smallest absolute Gasteiger partial charge is 0.249 e. The SMILES string of the molecule is CC1(C)O[C@@H]2[C@H](O1)[C@H]1OC(C)(C)O[C@H]1O[C@@H]2[C@H]1C[C@@H](O)C(=O)N1. The van der Waals surface area contributed by atoms with Gasteiger partial charge in [-0.15, -0.1) is 0 Å². The van der Waals surface area contributed by atoms with Gasteiger partial charge in [-0.25, -0.2) is 0 Å². The summed E-state index contributed by atoms with van der Waals surface area (Å²) in [6, 6.07) is -0.351. The molecule has 0 aromatic heterocycles. The lowest BCUT2D eigenvalue weighted by Gasteiger charge is -2.39. The van der Waals surface area contributed by atoms with E-state index in [0.29, 0.717) is 0 Å². The number of carbonyl (C=O) groups excluding carboxylic acids is 1. The van der Waals surface area contributed by atoms with Crippen LogP contribution in [-0.2, 0) is 28.5 Å². The van der Waals surface area contributed by atoms with E-state index in [-0.39, 0.29) is 24.5 Å². The van der Waals surface area contributed by atoms with Gasteiger partial charge in [0.25, 0.3) is 0 Å². The number of hydrogen-bond acceptors (Lipinski definition) is 7. The van der Waals surface area contributed by atoms with Gasteiger partial charge in [0.05, 0.1) is 6.04 Å². The number of hydrogen-bond donors (Lipinski definition) is 2. The zero-order valence-corrected chi connectivity index (χ0v) is 13.6. The minimum atomic E-state index is -1.02. The number of carbonyl (C=O) groups is 1. The minimum absolute atomic E-state index is 0.276. The number of amides is 1. The summed E-state index contributed by atoms with van der Waals surface area (Å²) < 4.78 is 29.8. The van der Waals surface area contributed by atoms with E-state index in [1.165, 1.54) is 0 Å². The maximum Gasteiger partial charge on any atom is 0.249 e. The van der Waals surface area contributed by atoms with E-state index in [9.17, 15) is 9.90 Å². The van der Waals surface area contributed by atoms with Crippen LogP contribution in [0.15, 0.2) is 0 Å². The largest absolute Gasteiger partial charge is 0.383 e. The predicted octanol–water partition coefficient (Wildman–Crippen LogP) is -0.368. The van der Waals surface area contributed by atoms with E-state index < -0.39 is 42.3 Å². The Balaban J connectivity index is 1.62. The normalized spacial score (nSPS) is 50.5. The fourth-order valence-corrected chi connectivity index (χ4v) is 3.87. The molecule has 0 aliphatic carbocycles. The van der Waals surface area contributed by atoms with Crippen LogP contribution >= 0.6 is 0 Å². The van der Waals surface area contributed by atoms with Gasteiger partial charge < -0.3 is 34.1 Å². The van der Waals surface area contributed by atoms with Crippen LogP contribution in [0.2, 0.25) is 0 Å². The second-order valence-corrected chi connectivity index (χ2v) is 7.50. The predicted molar refractivity (Wildman–Crippen MR) is 75.1 cm³/mol. The molecule has 0 spiro atoms. The first-order valence-electron chi connectivity index (χ1n) is 8.00. The van der Waals surface area contributed by atoms with Gasteiger partial charge in [0, 0.05) is 6.42 Å². The van der Waals surface area contributed by atoms with Gasteiger partial charge >= 0.3 is 0 Å². The first kappa shape index (κ1) is 15.7. The summed E-state index contributed by atoms with van der Waals surface area (Å²) in [5.41, 5.74) is 0. The maximum absolute atomic E-state index is 11.6. The molecule has 0 unspecified atom stereocenters. The Morgan fingerprint density at radius 3 is 2.13 bits per heavy atom. The molecule has 1 amide bonds. The molecule has 0 saturated carbocycles. The van der Waals surface area contributed by atoms with E-state index in [1.807, 2.05) is 27.7 Å². The summed E-state index contributed by atoms with van der Waals surface area (Å²) in [4.78, 5) is 11.6. The molecular formula is C15H23NO7. The van der Waals surface area contributed by atoms with E-state index in [2.05, 4.69) is 5.32 Å². The Labute approximate surface area is 134 Å². The minimum Gasteiger partial charge on any atom is -0.383 e. The third-order valence-corrected chi connectivity index (χ3v) is 4.69. The van der Waals surface area contributed by atoms with E-state index in [1.54, 1.807) is 0 Å². The van der Waals surface area contributed by atoms with Crippen molar-refractivity contribution in [2.75, 3.05) is 0 Å². The third kappa shape index (κ3) is 2.57. The van der Waals surface area contributed by atoms with E-state index >= 15 is 0 Å². The maximum atomic E-state index is 11.6. The molecule has 4 rings (SSSR count). The van der Waals surface area contributed by atoms with Gasteiger partial charge in [-0.05, 0) is 27.7 Å². The molecule has 4 heterocycles. The van der Waals surface area contributed by atoms with Crippen molar-refractivity contribution in [1.29, 1.82) is 0 Å². The molecule has 0 aromatic rings. The van der Waals surface area contributed by atoms with Gasteiger partial charge in [0.15, 0.2) is 17.9 Å². The Morgan fingerprint density at radius 2 is 1.52 bits per heavy atom. The monoisotopic (exact) mass is 329 g/mol. The Morgan fingerprint density at radius 1 is 0.957 bits per heavy atom. The van der Waals surface area contributed by atoms with Crippen LogP contribution in [0.5, 0.6) is 0 Å². The number of aliphatic hydroxyl groups is 1. The first-order valence-corrected chi connectivity index (χ1v) is 8.00. The second-order valence-electron chi connectivity index (χ2n) is 7.50. The Bertz CT molecular complexity index is 522. The molecule has 2 N–H and O–H groups in total. The Hall–Kier alpha value is -0.770. The second kappa shape index (κ2) is 4.87. The number of rotatable bonds is 1. The highest BCUT2D eigenvalue weighted by Crippen LogP contribution is 2.45. The summed E-state index contributed by atoms with van der Waals surface area (Å²) in [6.07, 6.45) is -2.96. The molecule has 0 bridgehead atoms. The summed E-state index contributed by atoms with van der Waals surface area (Å²) >= 11 is 0. The summed E-state index contributed by atoms with van der Waals surface area (Å²) in [5.74, 6) is -1.94. The lowest BCUT2D eigenvalue weighted by Crippen LogP contribution is -2.60. The van der Waals surface area contributed by atoms with Gasteiger partial charge in [-0.2, -0.15) is 0 Å². The quantitative estimate of drug-likeness (QED) is 0.678. The molecule has 4 aliphatic rings. The van der Waals surface area contributed by atoms with E-state index in [4.69, 9.17) is 23.7 Å². The molecular weight excluding hydrogens is 306 g/mol. The fraction of sp³-hybridized carbons (Fsp3) is 0.933. The van der Waals surface area contributed by atoms with Crippen molar-refractivity contribution in [3.8, 4) is 0 Å². The molecule has 0 aromatic carbocycles. The zero-order valence-electron chi connectivity index (χ0n) is 13.6. The highest BCUT2D eigenvalue weighted by Gasteiger charge is 2.62. The van der Waals surface area contributed by atoms with Crippen molar-refractivity contribution >= 4 is 5.91 Å². The van der Waals surface area contributed by atoms with Crippen LogP contribution in [0.4, 0.5) is 0 Å². The molecule has 23 heavy (non-hydrogen) atoms. The van der Waals surface area contributed by atoms with Gasteiger partial charge in [-0.3, -0.25) is 4.79 Å². The topological polar surface area (TPSA) is 95.5 Å². The zero-order chi connectivity index (χ0) is 16.6. The molecule has 4 aliphatic heterocycles. The van der Waals surface area contributed by atoms with Gasteiger partial charge in [-0.1, -0.05) is 0 Å². The molecule has 4 saturated heterocycles. The number of aliphatic hydroxyl groups excluding tert-OH is 1. The van der Waals surface area contributed by atoms with Crippen LogP contribution in [0.3, 0.4) is 0 Å². The van der Waals surface area contributed by atoms with Gasteiger partial charge in [0.2, 0.25) is 5.91 Å². The van der Waals surface area contributed by atoms with Crippen molar-refractivity contribution in [3.63, 3.8) is 0 Å². The highest BCUT2D eigenvalue weighted by molar-refractivity contribution is 5.83. The van der Waals surface area contributed by atoms with Crippen LogP contribution in [0.1, 0.15) is 34.1 Å². The lowest BCUT2D eigenvalue weighted by molar-refractivity contribution is -0.239. The lowest BCUT2D eigenvalue weighted by atomic mass is 9.93. The number of nitrogens with one attached hydrogen (secondary N) is 1. The summed E-state index contributed by atoms with van der Waals surface area (Å²) in [7, 11) is 0. The summed E-state index contributed by atoms with van der Waals surface area (Å²) in [5, 5.41) is 12.5. The van der Waals surface area contributed by atoms with Gasteiger partial charge in [0.1, 0.15) is 30.5 Å². The fourth-order valence-electron chi connectivity index (χ4n) is 3.87. The molecule has 0 radical (unpaired) electrons. The number of ether oxygens (including phenoxy) is 5. The first-order chi connectivity index (χ1) is 10.7. The Kier molecular flexibility index (Phi) is 3.33. The number of fused-ring (bicyclic) bond motifs is 3. The van der Waals surface area contributed by atoms with Crippen LogP contribution in [-0.4, -0.2) is 65.4 Å². The highest BCUT2D eigenvalue weighted by atomic mass is 16.9. The molecule has 130 valence electrons.